The van der Waals surface area contributed by atoms with E-state index in [1.165, 1.54) is 26.0 Å². The average Bonchev–Trinajstić information content (AvgIpc) is 3.32. The number of hydrogen-bond acceptors (Lipinski definition) is 11. The summed E-state index contributed by atoms with van der Waals surface area (Å²) in [5.74, 6) is -2.52. The largest absolute Gasteiger partial charge is 0.504 e. The lowest BCUT2D eigenvalue weighted by atomic mass is 9.82. The van der Waals surface area contributed by atoms with Gasteiger partial charge in [0.15, 0.2) is 29.8 Å². The molecule has 12 nitrogen and oxygen atoms in total. The second-order valence-electron chi connectivity index (χ2n) is 8.76. The average molecular weight is 534 g/mol. The van der Waals surface area contributed by atoms with Crippen LogP contribution in [0.4, 0.5) is 0 Å². The minimum Gasteiger partial charge on any atom is -0.504 e. The van der Waals surface area contributed by atoms with Crippen molar-refractivity contribution in [2.24, 2.45) is 0 Å². The van der Waals surface area contributed by atoms with Crippen LogP contribution >= 0.6 is 0 Å². The van der Waals surface area contributed by atoms with Crippen LogP contribution < -0.4 is 10.1 Å². The van der Waals surface area contributed by atoms with Crippen LogP contribution in [0, 0.1) is 0 Å². The van der Waals surface area contributed by atoms with Gasteiger partial charge in [-0.2, -0.15) is 0 Å². The van der Waals surface area contributed by atoms with Crippen LogP contribution in [0.25, 0.3) is 6.08 Å². The number of phenols is 1. The first-order valence-corrected chi connectivity index (χ1v) is 11.8. The van der Waals surface area contributed by atoms with Gasteiger partial charge in [0.05, 0.1) is 0 Å². The van der Waals surface area contributed by atoms with E-state index in [9.17, 15) is 24.3 Å². The molecule has 1 saturated heterocycles. The molecule has 1 saturated carbocycles. The van der Waals surface area contributed by atoms with Gasteiger partial charge >= 0.3 is 17.9 Å². The molecule has 2 N–H and O–H groups in total. The zero-order chi connectivity index (χ0) is 28.0. The first-order valence-electron chi connectivity index (χ1n) is 11.8. The predicted molar refractivity (Wildman–Crippen MR) is 131 cm³/mol. The van der Waals surface area contributed by atoms with Gasteiger partial charge in [-0.1, -0.05) is 18.7 Å². The Morgan fingerprint density at radius 1 is 0.974 bits per heavy atom. The highest BCUT2D eigenvalue weighted by molar-refractivity contribution is 5.97. The van der Waals surface area contributed by atoms with Crippen molar-refractivity contribution in [1.82, 2.24) is 5.32 Å². The first-order chi connectivity index (χ1) is 18.0. The van der Waals surface area contributed by atoms with Crippen molar-refractivity contribution in [1.29, 1.82) is 0 Å². The molecule has 0 aromatic heterocycles. The van der Waals surface area contributed by atoms with Crippen molar-refractivity contribution in [2.75, 3.05) is 13.4 Å². The molecule has 206 valence electrons. The van der Waals surface area contributed by atoms with E-state index in [-0.39, 0.29) is 30.5 Å². The topological polar surface area (TPSA) is 156 Å². The number of esters is 3. The summed E-state index contributed by atoms with van der Waals surface area (Å²) in [6.45, 7) is 8.62. The van der Waals surface area contributed by atoms with Crippen molar-refractivity contribution >= 4 is 29.9 Å². The summed E-state index contributed by atoms with van der Waals surface area (Å²) >= 11 is 0. The van der Waals surface area contributed by atoms with Crippen molar-refractivity contribution < 1.29 is 52.7 Å². The van der Waals surface area contributed by atoms with Crippen molar-refractivity contribution in [2.45, 2.75) is 64.3 Å². The maximum Gasteiger partial charge on any atom is 0.303 e. The SMILES string of the molecule is C=CCOc1cc(/C=C(\C)C(=O)N[C@H]2[C@@H](OC(C)=O)[C@@H]3OCO[C@@H]3[C@H](OC(C)=O)[C@H]2OC(C)=O)ccc1O. The molecular formula is C26H31NO11. The van der Waals surface area contributed by atoms with Crippen LogP contribution in [0.5, 0.6) is 11.5 Å². The zero-order valence-corrected chi connectivity index (χ0v) is 21.5. The number of benzene rings is 1. The Bertz CT molecular complexity index is 1110. The van der Waals surface area contributed by atoms with Crippen LogP contribution in [0.2, 0.25) is 0 Å². The third kappa shape index (κ3) is 6.90. The number of phenolic OH excluding ortho intramolecular Hbond substituents is 1. The molecule has 1 aromatic rings. The van der Waals surface area contributed by atoms with E-state index >= 15 is 0 Å². The van der Waals surface area contributed by atoms with Crippen LogP contribution in [-0.4, -0.2) is 78.9 Å². The predicted octanol–water partition coefficient (Wildman–Crippen LogP) is 1.40. The minimum absolute atomic E-state index is 0.0772. The highest BCUT2D eigenvalue weighted by Crippen LogP contribution is 2.35. The van der Waals surface area contributed by atoms with E-state index in [1.807, 2.05) is 0 Å². The number of carbonyl (C=O) groups is 4. The molecular weight excluding hydrogens is 502 g/mol. The normalized spacial score (nSPS) is 26.5. The van der Waals surface area contributed by atoms with Crippen LogP contribution in [0.3, 0.4) is 0 Å². The number of aromatic hydroxyl groups is 1. The molecule has 38 heavy (non-hydrogen) atoms. The second kappa shape index (κ2) is 12.6. The summed E-state index contributed by atoms with van der Waals surface area (Å²) < 4.78 is 33.0. The standard InChI is InChI=1S/C26H31NO11/c1-6-9-33-19-11-17(7-8-18(19)31)10-13(2)26(32)27-20-21(36-14(3)28)23-24(35-12-34-23)25(38-16(5)30)22(20)37-15(4)29/h6-8,10-11,20-25,31H,1,9,12H2,2-5H3,(H,27,32)/b13-10+/t20-,21+,22-,23-,24-,25+/m0/s1. The molecule has 6 atom stereocenters. The summed E-state index contributed by atoms with van der Waals surface area (Å²) in [6.07, 6.45) is -2.28. The van der Waals surface area contributed by atoms with Gasteiger partial charge in [0.2, 0.25) is 5.91 Å². The Balaban J connectivity index is 1.94. The van der Waals surface area contributed by atoms with E-state index in [2.05, 4.69) is 11.9 Å². The number of fused-ring (bicyclic) bond motifs is 1. The van der Waals surface area contributed by atoms with Crippen molar-refractivity contribution in [3.63, 3.8) is 0 Å². The molecule has 1 aliphatic heterocycles. The summed E-state index contributed by atoms with van der Waals surface area (Å²) in [5.41, 5.74) is 0.778. The molecule has 2 aliphatic rings. The van der Waals surface area contributed by atoms with E-state index in [1.54, 1.807) is 25.1 Å². The first kappa shape index (κ1) is 28.7. The molecule has 2 fully saturated rings. The highest BCUT2D eigenvalue weighted by atomic mass is 16.7. The van der Waals surface area contributed by atoms with E-state index < -0.39 is 60.4 Å². The maximum absolute atomic E-state index is 13.3. The van der Waals surface area contributed by atoms with Crippen LogP contribution in [0.1, 0.15) is 33.3 Å². The fourth-order valence-electron chi connectivity index (χ4n) is 4.35. The second-order valence-corrected chi connectivity index (χ2v) is 8.76. The molecule has 0 spiro atoms. The van der Waals surface area contributed by atoms with Gasteiger partial charge in [-0.05, 0) is 30.7 Å². The molecule has 0 unspecified atom stereocenters. The van der Waals surface area contributed by atoms with E-state index in [0.29, 0.717) is 5.56 Å². The smallest absolute Gasteiger partial charge is 0.303 e. The van der Waals surface area contributed by atoms with Gasteiger partial charge in [-0.25, -0.2) is 0 Å². The lowest BCUT2D eigenvalue weighted by Gasteiger charge is -2.45. The fraction of sp³-hybridized carbons (Fsp3) is 0.462. The van der Waals surface area contributed by atoms with Gasteiger partial charge in [-0.3, -0.25) is 19.2 Å². The number of rotatable bonds is 9. The summed E-state index contributed by atoms with van der Waals surface area (Å²) in [5, 5.41) is 12.7. The molecule has 0 bridgehead atoms. The van der Waals surface area contributed by atoms with Gasteiger partial charge < -0.3 is 38.8 Å². The minimum atomic E-state index is -1.26. The molecule has 3 rings (SSSR count). The fourth-order valence-corrected chi connectivity index (χ4v) is 4.35. The number of hydrogen-bond donors (Lipinski definition) is 2. The number of nitrogens with one attached hydrogen (secondary N) is 1. The summed E-state index contributed by atoms with van der Waals surface area (Å²) in [7, 11) is 0. The number of ether oxygens (including phenoxy) is 6. The Morgan fingerprint density at radius 3 is 2.16 bits per heavy atom. The molecule has 0 radical (unpaired) electrons. The summed E-state index contributed by atoms with van der Waals surface area (Å²) in [4.78, 5) is 49.1. The highest BCUT2D eigenvalue weighted by Gasteiger charge is 2.59. The molecule has 1 amide bonds. The van der Waals surface area contributed by atoms with Crippen molar-refractivity contribution in [3.8, 4) is 11.5 Å². The Labute approximate surface area is 219 Å². The third-order valence-electron chi connectivity index (χ3n) is 5.81. The lowest BCUT2D eigenvalue weighted by Crippen LogP contribution is -2.70. The molecule has 1 aliphatic carbocycles. The van der Waals surface area contributed by atoms with Gasteiger partial charge in [-0.15, -0.1) is 0 Å². The van der Waals surface area contributed by atoms with Gasteiger partial charge in [0.1, 0.15) is 31.6 Å². The number of carbonyl (C=O) groups excluding carboxylic acids is 4. The van der Waals surface area contributed by atoms with Crippen LogP contribution in [0.15, 0.2) is 36.4 Å². The number of amides is 1. The Hall–Kier alpha value is -3.90. The van der Waals surface area contributed by atoms with E-state index in [4.69, 9.17) is 28.4 Å². The van der Waals surface area contributed by atoms with Gasteiger partial charge in [0, 0.05) is 26.3 Å². The maximum atomic E-state index is 13.3. The van der Waals surface area contributed by atoms with E-state index in [0.717, 1.165) is 6.92 Å². The Kier molecular flexibility index (Phi) is 9.48. The monoisotopic (exact) mass is 533 g/mol. The lowest BCUT2D eigenvalue weighted by molar-refractivity contribution is -0.205. The Morgan fingerprint density at radius 2 is 1.55 bits per heavy atom. The quantitative estimate of drug-likeness (QED) is 0.205. The molecule has 1 aromatic carbocycles. The molecule has 1 heterocycles. The van der Waals surface area contributed by atoms with Gasteiger partial charge in [0.25, 0.3) is 0 Å². The third-order valence-corrected chi connectivity index (χ3v) is 5.81. The van der Waals surface area contributed by atoms with Crippen molar-refractivity contribution in [3.05, 3.63) is 42.0 Å². The molecule has 12 heteroatoms. The zero-order valence-electron chi connectivity index (χ0n) is 21.5. The summed E-state index contributed by atoms with van der Waals surface area (Å²) in [6, 6.07) is 3.40. The van der Waals surface area contributed by atoms with Crippen LogP contribution in [-0.2, 0) is 42.9 Å².